The molecule has 2 rings (SSSR count). The van der Waals surface area contributed by atoms with E-state index in [2.05, 4.69) is 6.07 Å². The molecule has 1 saturated heterocycles. The van der Waals surface area contributed by atoms with Gasteiger partial charge in [0.05, 0.1) is 11.6 Å². The summed E-state index contributed by atoms with van der Waals surface area (Å²) in [4.78, 5) is 13.6. The van der Waals surface area contributed by atoms with E-state index in [0.29, 0.717) is 12.0 Å². The summed E-state index contributed by atoms with van der Waals surface area (Å²) in [5, 5.41) is 8.86. The van der Waals surface area contributed by atoms with Crippen molar-refractivity contribution in [1.29, 1.82) is 5.26 Å². The van der Waals surface area contributed by atoms with Gasteiger partial charge in [-0.3, -0.25) is 4.79 Å². The van der Waals surface area contributed by atoms with Crippen LogP contribution in [0.2, 0.25) is 0 Å². The minimum absolute atomic E-state index is 0.171. The number of anilines is 1. The number of amides is 1. The van der Waals surface area contributed by atoms with Crippen LogP contribution in [0.15, 0.2) is 18.2 Å². The highest BCUT2D eigenvalue weighted by atomic mass is 16.2. The van der Waals surface area contributed by atoms with Gasteiger partial charge in [-0.05, 0) is 37.5 Å². The van der Waals surface area contributed by atoms with Crippen LogP contribution < -0.4 is 4.90 Å². The molecule has 16 heavy (non-hydrogen) atoms. The zero-order valence-corrected chi connectivity index (χ0v) is 9.36. The van der Waals surface area contributed by atoms with Gasteiger partial charge in [0.15, 0.2) is 0 Å². The van der Waals surface area contributed by atoms with E-state index < -0.39 is 0 Å². The Balaban J connectivity index is 2.38. The number of hydrogen-bond donors (Lipinski definition) is 0. The number of hydrogen-bond acceptors (Lipinski definition) is 2. The van der Waals surface area contributed by atoms with Crippen LogP contribution in [-0.2, 0) is 4.79 Å². The van der Waals surface area contributed by atoms with Gasteiger partial charge in [0.25, 0.3) is 0 Å². The van der Waals surface area contributed by atoms with Crippen LogP contribution in [0.5, 0.6) is 0 Å². The van der Waals surface area contributed by atoms with Gasteiger partial charge in [0.1, 0.15) is 0 Å². The van der Waals surface area contributed by atoms with E-state index in [4.69, 9.17) is 5.26 Å². The van der Waals surface area contributed by atoms with Crippen molar-refractivity contribution in [3.05, 3.63) is 29.3 Å². The van der Waals surface area contributed by atoms with Gasteiger partial charge in [0, 0.05) is 18.7 Å². The van der Waals surface area contributed by atoms with Crippen LogP contribution in [-0.4, -0.2) is 12.5 Å². The number of carbonyl (C=O) groups is 1. The minimum Gasteiger partial charge on any atom is -0.312 e. The molecule has 0 saturated carbocycles. The highest BCUT2D eigenvalue weighted by Gasteiger charge is 2.21. The van der Waals surface area contributed by atoms with Gasteiger partial charge < -0.3 is 4.90 Å². The van der Waals surface area contributed by atoms with Crippen LogP contribution in [0.4, 0.5) is 5.69 Å². The third-order valence-electron chi connectivity index (χ3n) is 2.95. The first-order valence-corrected chi connectivity index (χ1v) is 5.53. The van der Waals surface area contributed by atoms with Crippen molar-refractivity contribution in [3.8, 4) is 6.07 Å². The second-order valence-electron chi connectivity index (χ2n) is 4.12. The summed E-state index contributed by atoms with van der Waals surface area (Å²) in [7, 11) is 0. The number of piperidine rings is 1. The molecular weight excluding hydrogens is 200 g/mol. The van der Waals surface area contributed by atoms with Crippen molar-refractivity contribution in [1.82, 2.24) is 0 Å². The summed E-state index contributed by atoms with van der Waals surface area (Å²) in [5.41, 5.74) is 2.55. The van der Waals surface area contributed by atoms with Crippen LogP contribution in [0.1, 0.15) is 30.4 Å². The maximum Gasteiger partial charge on any atom is 0.226 e. The topological polar surface area (TPSA) is 44.1 Å². The first kappa shape index (κ1) is 10.7. The second kappa shape index (κ2) is 4.36. The van der Waals surface area contributed by atoms with Gasteiger partial charge in [-0.15, -0.1) is 0 Å². The SMILES string of the molecule is Cc1ccc(C#N)cc1N1CCCCC1=O. The van der Waals surface area contributed by atoms with Gasteiger partial charge >= 0.3 is 0 Å². The lowest BCUT2D eigenvalue weighted by Gasteiger charge is -2.28. The van der Waals surface area contributed by atoms with Gasteiger partial charge in [-0.25, -0.2) is 0 Å². The number of rotatable bonds is 1. The fraction of sp³-hybridized carbons (Fsp3) is 0.385. The van der Waals surface area contributed by atoms with Crippen molar-refractivity contribution in [2.24, 2.45) is 0 Å². The molecule has 1 fully saturated rings. The molecule has 0 aromatic heterocycles. The van der Waals surface area contributed by atoms with E-state index in [1.807, 2.05) is 13.0 Å². The molecule has 0 radical (unpaired) electrons. The second-order valence-corrected chi connectivity index (χ2v) is 4.12. The van der Waals surface area contributed by atoms with Crippen molar-refractivity contribution in [3.63, 3.8) is 0 Å². The lowest BCUT2D eigenvalue weighted by atomic mass is 10.1. The van der Waals surface area contributed by atoms with Gasteiger partial charge in [-0.1, -0.05) is 6.07 Å². The van der Waals surface area contributed by atoms with Gasteiger partial charge in [0.2, 0.25) is 5.91 Å². The third-order valence-corrected chi connectivity index (χ3v) is 2.95. The molecule has 3 nitrogen and oxygen atoms in total. The van der Waals surface area contributed by atoms with Gasteiger partial charge in [-0.2, -0.15) is 5.26 Å². The minimum atomic E-state index is 0.171. The molecule has 1 amide bonds. The largest absolute Gasteiger partial charge is 0.312 e. The summed E-state index contributed by atoms with van der Waals surface area (Å²) >= 11 is 0. The summed E-state index contributed by atoms with van der Waals surface area (Å²) in [6.07, 6.45) is 2.64. The molecule has 1 aliphatic heterocycles. The Bertz CT molecular complexity index is 459. The third kappa shape index (κ3) is 1.92. The molecular formula is C13H14N2O. The molecule has 0 N–H and O–H groups in total. The van der Waals surface area contributed by atoms with Crippen molar-refractivity contribution >= 4 is 11.6 Å². The number of nitrogens with zero attached hydrogens (tertiary/aromatic N) is 2. The molecule has 0 atom stereocenters. The summed E-state index contributed by atoms with van der Waals surface area (Å²) in [6, 6.07) is 7.60. The summed E-state index contributed by atoms with van der Waals surface area (Å²) < 4.78 is 0. The Morgan fingerprint density at radius 2 is 2.19 bits per heavy atom. The molecule has 1 aliphatic rings. The van der Waals surface area contributed by atoms with Crippen LogP contribution in [0.25, 0.3) is 0 Å². The average Bonchev–Trinajstić information content (AvgIpc) is 2.31. The Morgan fingerprint density at radius 3 is 2.88 bits per heavy atom. The molecule has 0 spiro atoms. The fourth-order valence-electron chi connectivity index (χ4n) is 2.03. The zero-order chi connectivity index (χ0) is 11.5. The quantitative estimate of drug-likeness (QED) is 0.720. The normalized spacial score (nSPS) is 16.0. The van der Waals surface area contributed by atoms with Crippen molar-refractivity contribution < 1.29 is 4.79 Å². The molecule has 1 heterocycles. The maximum absolute atomic E-state index is 11.8. The summed E-state index contributed by atoms with van der Waals surface area (Å²) in [6.45, 7) is 2.74. The molecule has 0 unspecified atom stereocenters. The van der Waals surface area contributed by atoms with E-state index in [0.717, 1.165) is 30.6 Å². The zero-order valence-electron chi connectivity index (χ0n) is 9.36. The maximum atomic E-state index is 11.8. The van der Waals surface area contributed by atoms with E-state index >= 15 is 0 Å². The number of carbonyl (C=O) groups excluding carboxylic acids is 1. The summed E-state index contributed by atoms with van der Waals surface area (Å²) in [5.74, 6) is 0.171. The first-order valence-electron chi connectivity index (χ1n) is 5.53. The predicted octanol–water partition coefficient (Wildman–Crippen LogP) is 2.38. The fourth-order valence-corrected chi connectivity index (χ4v) is 2.03. The lowest BCUT2D eigenvalue weighted by molar-refractivity contribution is -0.119. The highest BCUT2D eigenvalue weighted by Crippen LogP contribution is 2.25. The lowest BCUT2D eigenvalue weighted by Crippen LogP contribution is -2.35. The van der Waals surface area contributed by atoms with E-state index in [9.17, 15) is 4.79 Å². The average molecular weight is 214 g/mol. The predicted molar refractivity (Wildman–Crippen MR) is 62.1 cm³/mol. The molecule has 0 bridgehead atoms. The molecule has 3 heteroatoms. The van der Waals surface area contributed by atoms with Crippen LogP contribution in [0, 0.1) is 18.3 Å². The number of aryl methyl sites for hydroxylation is 1. The van der Waals surface area contributed by atoms with Crippen LogP contribution >= 0.6 is 0 Å². The Kier molecular flexibility index (Phi) is 2.91. The standard InChI is InChI=1S/C13H14N2O/c1-10-5-6-11(9-14)8-12(10)15-7-3-2-4-13(15)16/h5-6,8H,2-4,7H2,1H3. The molecule has 1 aromatic rings. The number of benzene rings is 1. The molecule has 0 aliphatic carbocycles. The smallest absolute Gasteiger partial charge is 0.226 e. The Labute approximate surface area is 95.3 Å². The van der Waals surface area contributed by atoms with E-state index in [1.54, 1.807) is 17.0 Å². The van der Waals surface area contributed by atoms with Crippen molar-refractivity contribution in [2.45, 2.75) is 26.2 Å². The Hall–Kier alpha value is -1.82. The van der Waals surface area contributed by atoms with E-state index in [1.165, 1.54) is 0 Å². The first-order chi connectivity index (χ1) is 7.72. The highest BCUT2D eigenvalue weighted by molar-refractivity contribution is 5.94. The Morgan fingerprint density at radius 1 is 1.38 bits per heavy atom. The monoisotopic (exact) mass is 214 g/mol. The van der Waals surface area contributed by atoms with Crippen LogP contribution in [0.3, 0.4) is 0 Å². The number of nitriles is 1. The van der Waals surface area contributed by atoms with Crippen molar-refractivity contribution in [2.75, 3.05) is 11.4 Å². The molecule has 1 aromatic carbocycles. The van der Waals surface area contributed by atoms with E-state index in [-0.39, 0.29) is 5.91 Å². The molecule has 82 valence electrons.